The first-order valence-electron chi connectivity index (χ1n) is 9.26. The van der Waals surface area contributed by atoms with Gasteiger partial charge in [0.15, 0.2) is 0 Å². The second kappa shape index (κ2) is 6.78. The van der Waals surface area contributed by atoms with Crippen LogP contribution in [0.2, 0.25) is 0 Å². The molecule has 1 unspecified atom stereocenters. The molecule has 28 heavy (non-hydrogen) atoms. The van der Waals surface area contributed by atoms with Gasteiger partial charge in [-0.3, -0.25) is 4.79 Å². The van der Waals surface area contributed by atoms with Crippen molar-refractivity contribution in [3.8, 4) is 0 Å². The Morgan fingerprint density at radius 3 is 2.32 bits per heavy atom. The number of nitrogens with zero attached hydrogens (tertiary/aromatic N) is 3. The van der Waals surface area contributed by atoms with Gasteiger partial charge in [0.05, 0.1) is 16.7 Å². The summed E-state index contributed by atoms with van der Waals surface area (Å²) < 4.78 is 0. The number of carbonyl (C=O) groups is 1. The molecular formula is C23H18N4O. The van der Waals surface area contributed by atoms with Crippen molar-refractivity contribution in [1.82, 2.24) is 15.0 Å². The molecule has 3 aromatic carbocycles. The molecule has 1 N–H and O–H groups in total. The minimum Gasteiger partial charge on any atom is -0.340 e. The van der Waals surface area contributed by atoms with Crippen molar-refractivity contribution in [3.63, 3.8) is 0 Å². The highest BCUT2D eigenvalue weighted by Crippen LogP contribution is 2.33. The Bertz CT molecular complexity index is 1130. The maximum Gasteiger partial charge on any atom is 0.274 e. The Balaban J connectivity index is 1.57. The van der Waals surface area contributed by atoms with Crippen molar-refractivity contribution in [1.29, 1.82) is 0 Å². The van der Waals surface area contributed by atoms with Gasteiger partial charge in [0.2, 0.25) is 0 Å². The third-order valence-electron chi connectivity index (χ3n) is 4.97. The van der Waals surface area contributed by atoms with Gasteiger partial charge in [-0.05, 0) is 29.8 Å². The van der Waals surface area contributed by atoms with Crippen molar-refractivity contribution in [2.45, 2.75) is 12.5 Å². The molecule has 0 spiro atoms. The first kappa shape index (κ1) is 16.4. The average molecular weight is 366 g/mol. The van der Waals surface area contributed by atoms with E-state index in [1.807, 2.05) is 84.9 Å². The van der Waals surface area contributed by atoms with E-state index in [1.165, 1.54) is 0 Å². The van der Waals surface area contributed by atoms with Gasteiger partial charge in [0, 0.05) is 12.0 Å². The number of hydrogen-bond acceptors (Lipinski definition) is 3. The molecule has 136 valence electrons. The van der Waals surface area contributed by atoms with Crippen LogP contribution in [0.3, 0.4) is 0 Å². The Morgan fingerprint density at radius 1 is 0.893 bits per heavy atom. The second-order valence-corrected chi connectivity index (χ2v) is 6.79. The monoisotopic (exact) mass is 366 g/mol. The van der Waals surface area contributed by atoms with Gasteiger partial charge in [-0.25, -0.2) is 9.99 Å². The van der Waals surface area contributed by atoms with Crippen LogP contribution in [0, 0.1) is 0 Å². The Labute approximate surface area is 162 Å². The topological polar surface area (TPSA) is 61.4 Å². The van der Waals surface area contributed by atoms with Gasteiger partial charge in [0.1, 0.15) is 11.9 Å². The Kier molecular flexibility index (Phi) is 3.98. The van der Waals surface area contributed by atoms with Crippen LogP contribution >= 0.6 is 0 Å². The molecule has 0 saturated carbocycles. The first-order chi connectivity index (χ1) is 13.8. The summed E-state index contributed by atoms with van der Waals surface area (Å²) in [6.45, 7) is 0. The van der Waals surface area contributed by atoms with E-state index in [1.54, 1.807) is 5.01 Å². The number of aromatic amines is 1. The zero-order chi connectivity index (χ0) is 18.9. The van der Waals surface area contributed by atoms with Crippen LogP contribution in [0.15, 0.2) is 90.0 Å². The van der Waals surface area contributed by atoms with Crippen molar-refractivity contribution < 1.29 is 4.79 Å². The molecule has 1 atom stereocenters. The predicted octanol–water partition coefficient (Wildman–Crippen LogP) is 4.55. The first-order valence-corrected chi connectivity index (χ1v) is 9.26. The number of imidazole rings is 1. The minimum absolute atomic E-state index is 0.128. The number of carbonyl (C=O) groups excluding carboxylic acids is 1. The summed E-state index contributed by atoms with van der Waals surface area (Å²) in [6.07, 6.45) is 0.614. The largest absolute Gasteiger partial charge is 0.340 e. The van der Waals surface area contributed by atoms with Crippen LogP contribution in [-0.4, -0.2) is 26.6 Å². The number of benzene rings is 3. The molecule has 0 fully saturated rings. The number of aromatic nitrogens is 2. The van der Waals surface area contributed by atoms with Crippen LogP contribution in [-0.2, 0) is 0 Å². The fraction of sp³-hybridized carbons (Fsp3) is 0.0870. The van der Waals surface area contributed by atoms with Gasteiger partial charge in [-0.15, -0.1) is 0 Å². The minimum atomic E-state index is -0.268. The summed E-state index contributed by atoms with van der Waals surface area (Å²) in [6, 6.07) is 26.8. The highest BCUT2D eigenvalue weighted by atomic mass is 16.2. The maximum atomic E-state index is 13.2. The molecule has 4 aromatic rings. The standard InChI is InChI=1S/C23H18N4O/c28-23(17-11-5-2-6-12-17)27-21(15-20(26-27)16-9-3-1-4-10-16)22-24-18-13-7-8-14-19(18)25-22/h1-14,21H,15H2,(H,24,25). The molecule has 5 nitrogen and oxygen atoms in total. The molecule has 0 bridgehead atoms. The van der Waals surface area contributed by atoms with Crippen LogP contribution in [0.5, 0.6) is 0 Å². The smallest absolute Gasteiger partial charge is 0.274 e. The van der Waals surface area contributed by atoms with E-state index in [0.717, 1.165) is 28.1 Å². The van der Waals surface area contributed by atoms with E-state index in [4.69, 9.17) is 10.1 Å². The third-order valence-corrected chi connectivity index (χ3v) is 4.97. The molecular weight excluding hydrogens is 348 g/mol. The summed E-state index contributed by atoms with van der Waals surface area (Å²) in [7, 11) is 0. The number of para-hydroxylation sites is 2. The summed E-state index contributed by atoms with van der Waals surface area (Å²) >= 11 is 0. The van der Waals surface area contributed by atoms with E-state index in [9.17, 15) is 4.79 Å². The molecule has 5 rings (SSSR count). The highest BCUT2D eigenvalue weighted by molar-refractivity contribution is 6.05. The Morgan fingerprint density at radius 2 is 1.57 bits per heavy atom. The van der Waals surface area contributed by atoms with Gasteiger partial charge in [-0.1, -0.05) is 60.7 Å². The summed E-state index contributed by atoms with van der Waals surface area (Å²) in [5, 5.41) is 6.27. The number of hydrogen-bond donors (Lipinski definition) is 1. The van der Waals surface area contributed by atoms with Crippen LogP contribution in [0.25, 0.3) is 11.0 Å². The average Bonchev–Trinajstić information content (AvgIpc) is 3.39. The van der Waals surface area contributed by atoms with Crippen molar-refractivity contribution in [2.75, 3.05) is 0 Å². The lowest BCUT2D eigenvalue weighted by Gasteiger charge is -2.19. The van der Waals surface area contributed by atoms with Crippen molar-refractivity contribution >= 4 is 22.7 Å². The lowest BCUT2D eigenvalue weighted by molar-refractivity contribution is 0.0705. The summed E-state index contributed by atoms with van der Waals surface area (Å²) in [5.41, 5.74) is 4.36. The van der Waals surface area contributed by atoms with Crippen LogP contribution in [0.4, 0.5) is 0 Å². The number of amides is 1. The summed E-state index contributed by atoms with van der Waals surface area (Å²) in [5.74, 6) is 0.622. The van der Waals surface area contributed by atoms with Gasteiger partial charge in [0.25, 0.3) is 5.91 Å². The van der Waals surface area contributed by atoms with Crippen molar-refractivity contribution in [2.24, 2.45) is 5.10 Å². The summed E-state index contributed by atoms with van der Waals surface area (Å²) in [4.78, 5) is 21.3. The molecule has 2 heterocycles. The maximum absolute atomic E-state index is 13.2. The molecule has 0 saturated heterocycles. The van der Waals surface area contributed by atoms with E-state index in [-0.39, 0.29) is 11.9 Å². The molecule has 1 aromatic heterocycles. The number of nitrogens with one attached hydrogen (secondary N) is 1. The lowest BCUT2D eigenvalue weighted by Crippen LogP contribution is -2.27. The zero-order valence-electron chi connectivity index (χ0n) is 15.1. The van der Waals surface area contributed by atoms with E-state index >= 15 is 0 Å². The molecule has 1 amide bonds. The second-order valence-electron chi connectivity index (χ2n) is 6.79. The van der Waals surface area contributed by atoms with Crippen LogP contribution in [0.1, 0.15) is 34.2 Å². The van der Waals surface area contributed by atoms with E-state index in [0.29, 0.717) is 12.0 Å². The van der Waals surface area contributed by atoms with E-state index < -0.39 is 0 Å². The quantitative estimate of drug-likeness (QED) is 0.578. The molecule has 0 aliphatic carbocycles. The van der Waals surface area contributed by atoms with Crippen LogP contribution < -0.4 is 0 Å². The number of hydrazone groups is 1. The fourth-order valence-electron chi connectivity index (χ4n) is 3.56. The third kappa shape index (κ3) is 2.87. The number of fused-ring (bicyclic) bond motifs is 1. The highest BCUT2D eigenvalue weighted by Gasteiger charge is 2.35. The fourth-order valence-corrected chi connectivity index (χ4v) is 3.56. The Hall–Kier alpha value is -3.73. The number of rotatable bonds is 3. The van der Waals surface area contributed by atoms with Crippen molar-refractivity contribution in [3.05, 3.63) is 102 Å². The SMILES string of the molecule is O=C(c1ccccc1)N1N=C(c2ccccc2)CC1c1nc2ccccc2[nH]1. The van der Waals surface area contributed by atoms with Gasteiger partial charge in [-0.2, -0.15) is 5.10 Å². The van der Waals surface area contributed by atoms with E-state index in [2.05, 4.69) is 4.98 Å². The molecule has 1 aliphatic rings. The predicted molar refractivity (Wildman–Crippen MR) is 109 cm³/mol. The number of H-pyrrole nitrogens is 1. The van der Waals surface area contributed by atoms with Gasteiger partial charge < -0.3 is 4.98 Å². The lowest BCUT2D eigenvalue weighted by atomic mass is 10.0. The zero-order valence-corrected chi connectivity index (χ0v) is 15.1. The molecule has 1 aliphatic heterocycles. The van der Waals surface area contributed by atoms with Gasteiger partial charge >= 0.3 is 0 Å². The molecule has 0 radical (unpaired) electrons. The molecule has 5 heteroatoms. The normalized spacial score (nSPS) is 16.4.